The molecule has 1 atom stereocenters. The minimum Gasteiger partial charge on any atom is -0.481 e. The molecule has 128 valence electrons. The zero-order chi connectivity index (χ0) is 17.6. The summed E-state index contributed by atoms with van der Waals surface area (Å²) in [6.45, 7) is 7.74. The first-order valence-electron chi connectivity index (χ1n) is 7.38. The summed E-state index contributed by atoms with van der Waals surface area (Å²) in [5, 5.41) is 12.1. The first-order valence-corrected chi connectivity index (χ1v) is 7.76. The maximum atomic E-state index is 11.6. The van der Waals surface area contributed by atoms with Crippen molar-refractivity contribution < 1.29 is 19.4 Å². The van der Waals surface area contributed by atoms with E-state index in [-0.39, 0.29) is 12.3 Å². The molecule has 2 N–H and O–H groups in total. The number of carboxylic acid groups (broad SMARTS) is 1. The Bertz CT molecular complexity index is 570. The summed E-state index contributed by atoms with van der Waals surface area (Å²) in [5.74, 6) is -0.862. The van der Waals surface area contributed by atoms with Gasteiger partial charge >= 0.3 is 12.1 Å². The monoisotopic (exact) mass is 342 g/mol. The van der Waals surface area contributed by atoms with Crippen molar-refractivity contribution in [2.45, 2.75) is 46.1 Å². The van der Waals surface area contributed by atoms with Crippen LogP contribution in [0.3, 0.4) is 0 Å². The van der Waals surface area contributed by atoms with Crippen molar-refractivity contribution in [3.8, 4) is 0 Å². The van der Waals surface area contributed by atoms with Crippen LogP contribution in [0.2, 0.25) is 5.02 Å². The number of carbonyl (C=O) groups is 2. The van der Waals surface area contributed by atoms with Crippen LogP contribution in [0.4, 0.5) is 4.79 Å². The topological polar surface area (TPSA) is 88.5 Å². The van der Waals surface area contributed by atoms with E-state index in [4.69, 9.17) is 21.4 Å². The van der Waals surface area contributed by atoms with Crippen LogP contribution in [0.5, 0.6) is 0 Å². The van der Waals surface area contributed by atoms with Gasteiger partial charge in [-0.15, -0.1) is 0 Å². The summed E-state index contributed by atoms with van der Waals surface area (Å²) in [6.07, 6.45) is 1.43. The van der Waals surface area contributed by atoms with Gasteiger partial charge in [0.2, 0.25) is 0 Å². The van der Waals surface area contributed by atoms with Crippen molar-refractivity contribution in [2.75, 3.05) is 6.54 Å². The van der Waals surface area contributed by atoms with Crippen LogP contribution < -0.4 is 5.32 Å². The molecule has 1 heterocycles. The van der Waals surface area contributed by atoms with E-state index in [2.05, 4.69) is 10.3 Å². The molecule has 0 radical (unpaired) electrons. The van der Waals surface area contributed by atoms with E-state index < -0.39 is 17.7 Å². The molecular formula is C16H23ClN2O4. The molecule has 0 fully saturated rings. The first-order chi connectivity index (χ1) is 10.6. The number of ether oxygens (including phenoxy) is 1. The maximum absolute atomic E-state index is 11.6. The van der Waals surface area contributed by atoms with E-state index in [0.717, 1.165) is 0 Å². The molecule has 6 nitrogen and oxygen atoms in total. The van der Waals surface area contributed by atoms with E-state index in [9.17, 15) is 9.59 Å². The molecule has 0 aliphatic rings. The smallest absolute Gasteiger partial charge is 0.407 e. The number of hydrogen-bond acceptors (Lipinski definition) is 4. The molecule has 0 aliphatic carbocycles. The Labute approximate surface area is 141 Å². The van der Waals surface area contributed by atoms with Crippen LogP contribution in [0, 0.1) is 5.92 Å². The van der Waals surface area contributed by atoms with Crippen LogP contribution in [0.25, 0.3) is 0 Å². The predicted octanol–water partition coefficient (Wildman–Crippen LogP) is 3.07. The number of rotatable bonds is 6. The second-order valence-electron chi connectivity index (χ2n) is 6.52. The second kappa shape index (κ2) is 8.15. The van der Waals surface area contributed by atoms with Gasteiger partial charge in [-0.3, -0.25) is 9.78 Å². The normalized spacial score (nSPS) is 12.6. The fourth-order valence-corrected chi connectivity index (χ4v) is 2.16. The van der Waals surface area contributed by atoms with Crippen LogP contribution in [-0.4, -0.2) is 34.3 Å². The number of hydrogen-bond donors (Lipinski definition) is 2. The van der Waals surface area contributed by atoms with Crippen molar-refractivity contribution >= 4 is 23.7 Å². The highest BCUT2D eigenvalue weighted by molar-refractivity contribution is 6.30. The number of pyridine rings is 1. The van der Waals surface area contributed by atoms with E-state index >= 15 is 0 Å². The predicted molar refractivity (Wildman–Crippen MR) is 87.7 cm³/mol. The van der Waals surface area contributed by atoms with Gasteiger partial charge in [-0.1, -0.05) is 18.5 Å². The quantitative estimate of drug-likeness (QED) is 0.829. The molecule has 0 bridgehead atoms. The number of carbonyl (C=O) groups excluding carboxylic acids is 1. The average molecular weight is 343 g/mol. The average Bonchev–Trinajstić information content (AvgIpc) is 2.37. The van der Waals surface area contributed by atoms with Crippen molar-refractivity contribution in [3.63, 3.8) is 0 Å². The van der Waals surface area contributed by atoms with E-state index in [1.165, 1.54) is 6.20 Å². The molecule has 0 aliphatic heterocycles. The fraction of sp³-hybridized carbons (Fsp3) is 0.562. The Balaban J connectivity index is 2.62. The Hall–Kier alpha value is -1.82. The molecule has 1 aromatic heterocycles. The Morgan fingerprint density at radius 2 is 2.09 bits per heavy atom. The van der Waals surface area contributed by atoms with Crippen LogP contribution in [0.1, 0.15) is 39.0 Å². The molecule has 7 heteroatoms. The number of aromatic nitrogens is 1. The van der Waals surface area contributed by atoms with Gasteiger partial charge in [0, 0.05) is 18.4 Å². The molecule has 0 spiro atoms. The number of nitrogens with one attached hydrogen (secondary N) is 1. The lowest BCUT2D eigenvalue weighted by Gasteiger charge is -2.21. The summed E-state index contributed by atoms with van der Waals surface area (Å²) >= 11 is 5.87. The molecule has 0 saturated carbocycles. The standard InChI is InChI=1S/C16H23ClN2O4/c1-10(8-19-15(22)23-16(2,3)4)5-13-11(7-14(20)21)6-12(17)9-18-13/h6,9-10H,5,7-8H2,1-4H3,(H,19,22)(H,20,21)/t10-/m1/s1. The number of nitrogens with zero attached hydrogens (tertiary/aromatic N) is 1. The van der Waals surface area contributed by atoms with Crippen molar-refractivity contribution in [3.05, 3.63) is 28.5 Å². The summed E-state index contributed by atoms with van der Waals surface area (Å²) in [6, 6.07) is 1.62. The van der Waals surface area contributed by atoms with Crippen molar-refractivity contribution in [1.29, 1.82) is 0 Å². The second-order valence-corrected chi connectivity index (χ2v) is 6.96. The molecule has 1 aromatic rings. The zero-order valence-corrected chi connectivity index (χ0v) is 14.6. The van der Waals surface area contributed by atoms with Gasteiger partial charge in [-0.2, -0.15) is 0 Å². The fourth-order valence-electron chi connectivity index (χ4n) is 1.98. The first kappa shape index (κ1) is 19.2. The van der Waals surface area contributed by atoms with E-state index in [1.807, 2.05) is 6.92 Å². The van der Waals surface area contributed by atoms with Crippen LogP contribution in [-0.2, 0) is 22.4 Å². The number of amides is 1. The molecule has 0 aromatic carbocycles. The Kier molecular flexibility index (Phi) is 6.81. The number of carboxylic acids is 1. The van der Waals surface area contributed by atoms with Gasteiger partial charge in [-0.25, -0.2) is 4.79 Å². The summed E-state index contributed by atoms with van der Waals surface area (Å²) in [7, 11) is 0. The van der Waals surface area contributed by atoms with Crippen molar-refractivity contribution in [1.82, 2.24) is 10.3 Å². The highest BCUT2D eigenvalue weighted by Crippen LogP contribution is 2.17. The molecule has 1 rings (SSSR count). The number of halogens is 1. The third kappa shape index (κ3) is 7.83. The third-order valence-corrected chi connectivity index (χ3v) is 3.11. The lowest BCUT2D eigenvalue weighted by Crippen LogP contribution is -2.35. The Morgan fingerprint density at radius 3 is 2.65 bits per heavy atom. The van der Waals surface area contributed by atoms with Crippen molar-refractivity contribution in [2.24, 2.45) is 5.92 Å². The summed E-state index contributed by atoms with van der Waals surface area (Å²) in [4.78, 5) is 26.8. The molecule has 0 unspecified atom stereocenters. The molecule has 0 saturated heterocycles. The van der Waals surface area contributed by atoms with E-state index in [1.54, 1.807) is 26.8 Å². The third-order valence-electron chi connectivity index (χ3n) is 2.90. The summed E-state index contributed by atoms with van der Waals surface area (Å²) in [5.41, 5.74) is 0.726. The van der Waals surface area contributed by atoms with E-state index in [0.29, 0.717) is 29.2 Å². The molecule has 23 heavy (non-hydrogen) atoms. The lowest BCUT2D eigenvalue weighted by atomic mass is 10.00. The maximum Gasteiger partial charge on any atom is 0.407 e. The van der Waals surface area contributed by atoms with Gasteiger partial charge < -0.3 is 15.2 Å². The van der Waals surface area contributed by atoms with Gasteiger partial charge in [0.1, 0.15) is 5.60 Å². The van der Waals surface area contributed by atoms with Gasteiger partial charge in [0.15, 0.2) is 0 Å². The zero-order valence-electron chi connectivity index (χ0n) is 13.9. The van der Waals surface area contributed by atoms with Gasteiger partial charge in [-0.05, 0) is 44.7 Å². The van der Waals surface area contributed by atoms with Crippen LogP contribution >= 0.6 is 11.6 Å². The van der Waals surface area contributed by atoms with Gasteiger partial charge in [0.25, 0.3) is 0 Å². The molecular weight excluding hydrogens is 320 g/mol. The van der Waals surface area contributed by atoms with Gasteiger partial charge in [0.05, 0.1) is 11.4 Å². The minimum atomic E-state index is -0.935. The highest BCUT2D eigenvalue weighted by atomic mass is 35.5. The van der Waals surface area contributed by atoms with Crippen LogP contribution in [0.15, 0.2) is 12.3 Å². The minimum absolute atomic E-state index is 0.0729. The lowest BCUT2D eigenvalue weighted by molar-refractivity contribution is -0.136. The SMILES string of the molecule is C[C@@H](CNC(=O)OC(C)(C)C)Cc1ncc(Cl)cc1CC(=O)O. The Morgan fingerprint density at radius 1 is 1.43 bits per heavy atom. The number of alkyl carbamates (subject to hydrolysis) is 1. The number of aliphatic carboxylic acids is 1. The highest BCUT2D eigenvalue weighted by Gasteiger charge is 2.17. The molecule has 1 amide bonds. The summed E-state index contributed by atoms with van der Waals surface area (Å²) < 4.78 is 5.17. The largest absolute Gasteiger partial charge is 0.481 e.